The van der Waals surface area contributed by atoms with Crippen molar-refractivity contribution in [2.75, 3.05) is 26.7 Å². The van der Waals surface area contributed by atoms with Crippen molar-refractivity contribution < 1.29 is 9.53 Å². The number of aromatic nitrogens is 1. The summed E-state index contributed by atoms with van der Waals surface area (Å²) in [6.07, 6.45) is 1.13. The summed E-state index contributed by atoms with van der Waals surface area (Å²) in [5, 5.41) is 9.85. The van der Waals surface area contributed by atoms with Gasteiger partial charge in [0, 0.05) is 37.6 Å². The van der Waals surface area contributed by atoms with Crippen LogP contribution in [0.3, 0.4) is 0 Å². The lowest BCUT2D eigenvalue weighted by Gasteiger charge is -2.33. The van der Waals surface area contributed by atoms with Gasteiger partial charge in [-0.15, -0.1) is 22.7 Å². The van der Waals surface area contributed by atoms with Crippen molar-refractivity contribution in [3.63, 3.8) is 0 Å². The Balaban J connectivity index is 1.53. The molecule has 1 aliphatic rings. The largest absolute Gasteiger partial charge is 0.462 e. The second kappa shape index (κ2) is 10.4. The molecule has 1 aliphatic heterocycles. The monoisotopic (exact) mass is 449 g/mol. The highest BCUT2D eigenvalue weighted by molar-refractivity contribution is 7.13. The van der Waals surface area contributed by atoms with E-state index in [-0.39, 0.29) is 12.0 Å². The van der Waals surface area contributed by atoms with Crippen LogP contribution in [0.4, 0.5) is 0 Å². The van der Waals surface area contributed by atoms with Gasteiger partial charge in [0.05, 0.1) is 18.3 Å². The Morgan fingerprint density at radius 3 is 2.97 bits per heavy atom. The number of guanidine groups is 1. The Kier molecular flexibility index (Phi) is 7.85. The van der Waals surface area contributed by atoms with E-state index in [9.17, 15) is 4.79 Å². The molecule has 0 aromatic carbocycles. The molecule has 164 valence electrons. The molecule has 0 fully saturated rings. The molecule has 0 bridgehead atoms. The van der Waals surface area contributed by atoms with Crippen LogP contribution in [-0.4, -0.2) is 54.6 Å². The first-order valence-corrected chi connectivity index (χ1v) is 12.0. The zero-order chi connectivity index (χ0) is 21.7. The Hall–Kier alpha value is -1.97. The Bertz CT molecular complexity index is 892. The maximum Gasteiger partial charge on any atom is 0.350 e. The third-order valence-corrected chi connectivity index (χ3v) is 7.59. The van der Waals surface area contributed by atoms with E-state index < -0.39 is 0 Å². The Morgan fingerprint density at radius 1 is 1.43 bits per heavy atom. The van der Waals surface area contributed by atoms with Crippen LogP contribution in [0.25, 0.3) is 0 Å². The number of carbonyl (C=O) groups excluding carboxylic acids is 1. The lowest BCUT2D eigenvalue weighted by Crippen LogP contribution is -2.47. The van der Waals surface area contributed by atoms with Crippen molar-refractivity contribution in [1.29, 1.82) is 0 Å². The fraction of sp³-hybridized carbons (Fsp3) is 0.571. The maximum atomic E-state index is 12.1. The van der Waals surface area contributed by atoms with Crippen LogP contribution >= 0.6 is 22.7 Å². The first-order valence-electron chi connectivity index (χ1n) is 10.3. The normalized spacial score (nSPS) is 16.6. The molecule has 30 heavy (non-hydrogen) atoms. The molecule has 7 nitrogen and oxygen atoms in total. The molecule has 2 atom stereocenters. The van der Waals surface area contributed by atoms with E-state index in [1.54, 1.807) is 14.0 Å². The molecule has 3 heterocycles. The summed E-state index contributed by atoms with van der Waals surface area (Å²) in [6, 6.07) is 2.57. The number of hydrogen-bond donors (Lipinski definition) is 2. The highest BCUT2D eigenvalue weighted by Gasteiger charge is 2.23. The average Bonchev–Trinajstić information content (AvgIpc) is 3.36. The van der Waals surface area contributed by atoms with Crippen molar-refractivity contribution in [2.45, 2.75) is 52.7 Å². The minimum Gasteiger partial charge on any atom is -0.462 e. The number of thiazole rings is 1. The number of aryl methyl sites for hydroxylation is 1. The molecule has 3 rings (SSSR count). The third kappa shape index (κ3) is 5.39. The zero-order valence-electron chi connectivity index (χ0n) is 18.3. The van der Waals surface area contributed by atoms with Gasteiger partial charge in [0.2, 0.25) is 0 Å². The highest BCUT2D eigenvalue weighted by atomic mass is 32.1. The number of carbonyl (C=O) groups is 1. The molecule has 2 unspecified atom stereocenters. The summed E-state index contributed by atoms with van der Waals surface area (Å²) >= 11 is 3.24. The second-order valence-electron chi connectivity index (χ2n) is 7.44. The van der Waals surface area contributed by atoms with Crippen LogP contribution in [0.5, 0.6) is 0 Å². The van der Waals surface area contributed by atoms with Crippen molar-refractivity contribution in [3.05, 3.63) is 37.5 Å². The van der Waals surface area contributed by atoms with E-state index in [0.29, 0.717) is 23.2 Å². The summed E-state index contributed by atoms with van der Waals surface area (Å²) in [5.41, 5.74) is 2.17. The summed E-state index contributed by atoms with van der Waals surface area (Å²) in [7, 11) is 1.77. The van der Waals surface area contributed by atoms with Gasteiger partial charge in [-0.3, -0.25) is 9.89 Å². The van der Waals surface area contributed by atoms with Crippen molar-refractivity contribution in [2.24, 2.45) is 4.99 Å². The summed E-state index contributed by atoms with van der Waals surface area (Å²) in [5.74, 6) is 0.422. The van der Waals surface area contributed by atoms with Gasteiger partial charge in [-0.1, -0.05) is 0 Å². The third-order valence-electron chi connectivity index (χ3n) is 5.25. The highest BCUT2D eigenvalue weighted by Crippen LogP contribution is 2.25. The Morgan fingerprint density at radius 2 is 2.23 bits per heavy atom. The van der Waals surface area contributed by atoms with Crippen LogP contribution in [0.1, 0.15) is 57.6 Å². The number of nitrogens with one attached hydrogen (secondary N) is 2. The van der Waals surface area contributed by atoms with Gasteiger partial charge in [-0.25, -0.2) is 9.78 Å². The smallest absolute Gasteiger partial charge is 0.350 e. The van der Waals surface area contributed by atoms with E-state index in [1.165, 1.54) is 21.8 Å². The lowest BCUT2D eigenvalue weighted by molar-refractivity contribution is 0.0531. The minimum atomic E-state index is -0.308. The van der Waals surface area contributed by atoms with Gasteiger partial charge in [0.25, 0.3) is 0 Å². The molecule has 2 aromatic rings. The lowest BCUT2D eigenvalue weighted by atomic mass is 10.1. The van der Waals surface area contributed by atoms with E-state index in [2.05, 4.69) is 43.9 Å². The molecule has 0 spiro atoms. The number of hydrogen-bond acceptors (Lipinski definition) is 7. The van der Waals surface area contributed by atoms with Crippen LogP contribution in [-0.2, 0) is 17.7 Å². The van der Waals surface area contributed by atoms with Gasteiger partial charge in [0.15, 0.2) is 5.96 Å². The summed E-state index contributed by atoms with van der Waals surface area (Å²) in [6.45, 7) is 11.2. The van der Waals surface area contributed by atoms with Crippen molar-refractivity contribution >= 4 is 34.6 Å². The van der Waals surface area contributed by atoms with Crippen molar-refractivity contribution in [1.82, 2.24) is 20.5 Å². The van der Waals surface area contributed by atoms with E-state index in [0.717, 1.165) is 37.0 Å². The topological polar surface area (TPSA) is 78.8 Å². The van der Waals surface area contributed by atoms with Crippen LogP contribution in [0, 0.1) is 6.92 Å². The van der Waals surface area contributed by atoms with E-state index >= 15 is 0 Å². The van der Waals surface area contributed by atoms with E-state index in [1.807, 2.05) is 25.2 Å². The quantitative estimate of drug-likeness (QED) is 0.383. The molecule has 0 radical (unpaired) electrons. The van der Waals surface area contributed by atoms with Gasteiger partial charge >= 0.3 is 5.97 Å². The molecule has 0 amide bonds. The standard InChI is InChI=1S/C21H31N5O2S2/c1-6-28-20(27)18-14(3)24-19(30-18)15(4)25-21(22-5)23-11-13(2)26-9-7-17-16(12-26)8-10-29-17/h8,10,13,15H,6-7,9,11-12H2,1-5H3,(H2,22,23,25). The molecular weight excluding hydrogens is 418 g/mol. The number of ether oxygens (including phenoxy) is 1. The fourth-order valence-electron chi connectivity index (χ4n) is 3.47. The molecule has 0 saturated heterocycles. The number of nitrogens with zero attached hydrogens (tertiary/aromatic N) is 3. The molecule has 0 aliphatic carbocycles. The summed E-state index contributed by atoms with van der Waals surface area (Å²) in [4.78, 5) is 25.6. The minimum absolute atomic E-state index is 0.0678. The SMILES string of the molecule is CCOC(=O)c1sc(C(C)NC(=NC)NCC(C)N2CCc3sccc3C2)nc1C. The molecule has 0 saturated carbocycles. The van der Waals surface area contributed by atoms with Crippen LogP contribution in [0.15, 0.2) is 16.4 Å². The molecule has 9 heteroatoms. The second-order valence-corrected chi connectivity index (χ2v) is 9.48. The molecule has 2 aromatic heterocycles. The molecule has 2 N–H and O–H groups in total. The number of thiophene rings is 1. The average molecular weight is 450 g/mol. The Labute approximate surface area is 186 Å². The van der Waals surface area contributed by atoms with Gasteiger partial charge in [-0.05, 0) is 51.1 Å². The summed E-state index contributed by atoms with van der Waals surface area (Å²) < 4.78 is 5.11. The maximum absolute atomic E-state index is 12.1. The zero-order valence-corrected chi connectivity index (χ0v) is 20.0. The van der Waals surface area contributed by atoms with Crippen LogP contribution < -0.4 is 10.6 Å². The van der Waals surface area contributed by atoms with Crippen molar-refractivity contribution in [3.8, 4) is 0 Å². The van der Waals surface area contributed by atoms with Gasteiger partial charge < -0.3 is 15.4 Å². The first-order chi connectivity index (χ1) is 14.4. The predicted octanol–water partition coefficient (Wildman–Crippen LogP) is 3.36. The number of aliphatic imine (C=N–C) groups is 1. The number of rotatable bonds is 7. The molecular formula is C21H31N5O2S2. The number of fused-ring (bicyclic) bond motifs is 1. The van der Waals surface area contributed by atoms with Crippen LogP contribution in [0.2, 0.25) is 0 Å². The van der Waals surface area contributed by atoms with Gasteiger partial charge in [-0.2, -0.15) is 0 Å². The number of esters is 1. The predicted molar refractivity (Wildman–Crippen MR) is 124 cm³/mol. The first kappa shape index (κ1) is 22.7. The fourth-order valence-corrected chi connectivity index (χ4v) is 5.32. The van der Waals surface area contributed by atoms with Gasteiger partial charge in [0.1, 0.15) is 9.88 Å². The van der Waals surface area contributed by atoms with E-state index in [4.69, 9.17) is 4.74 Å².